The highest BCUT2D eigenvalue weighted by atomic mass is 32.1. The molecule has 0 aromatic carbocycles. The number of carbonyl (C=O) groups excluding carboxylic acids is 2. The Kier molecular flexibility index (Phi) is 6.11. The standard InChI is InChI=1S/C17H18F4N4O2S/c1-9(26)12-8-28-17(22-12)10-2-4-24(5-3-10)14(27)7-25-13(16(20)21)6-11(23-25)15(18)19/h6,8,10,15-16H,2-5,7H2,1H3. The maximum atomic E-state index is 13.0. The average Bonchev–Trinajstić information content (AvgIpc) is 3.29. The summed E-state index contributed by atoms with van der Waals surface area (Å²) in [6, 6.07) is 0.629. The first-order chi connectivity index (χ1) is 13.3. The van der Waals surface area contributed by atoms with Crippen molar-refractivity contribution in [2.75, 3.05) is 13.1 Å². The summed E-state index contributed by atoms with van der Waals surface area (Å²) >= 11 is 1.40. The SMILES string of the molecule is CC(=O)c1csc(C2CCN(C(=O)Cn3nc(C(F)F)cc3C(F)F)CC2)n1. The second kappa shape index (κ2) is 8.38. The van der Waals surface area contributed by atoms with Gasteiger partial charge in [-0.05, 0) is 18.9 Å². The fourth-order valence-electron chi connectivity index (χ4n) is 3.10. The number of halogens is 4. The van der Waals surface area contributed by atoms with Crippen LogP contribution in [-0.4, -0.2) is 44.4 Å². The van der Waals surface area contributed by atoms with Crippen LogP contribution in [0.5, 0.6) is 0 Å². The van der Waals surface area contributed by atoms with E-state index in [0.29, 0.717) is 42.4 Å². The number of alkyl halides is 4. The van der Waals surface area contributed by atoms with Crippen LogP contribution in [-0.2, 0) is 11.3 Å². The number of ketones is 1. The van der Waals surface area contributed by atoms with Gasteiger partial charge in [0.25, 0.3) is 12.9 Å². The first-order valence-corrected chi connectivity index (χ1v) is 9.52. The molecule has 2 aromatic rings. The number of piperidine rings is 1. The van der Waals surface area contributed by atoms with Gasteiger partial charge in [-0.3, -0.25) is 14.3 Å². The molecule has 0 atom stereocenters. The number of thiazole rings is 1. The van der Waals surface area contributed by atoms with Gasteiger partial charge in [0.1, 0.15) is 23.6 Å². The van der Waals surface area contributed by atoms with Gasteiger partial charge >= 0.3 is 0 Å². The van der Waals surface area contributed by atoms with E-state index in [0.717, 1.165) is 5.01 Å². The Labute approximate surface area is 162 Å². The number of nitrogens with zero attached hydrogens (tertiary/aromatic N) is 4. The molecule has 152 valence electrons. The third-order valence-corrected chi connectivity index (χ3v) is 5.65. The molecular formula is C17H18F4N4O2S. The topological polar surface area (TPSA) is 68.1 Å². The average molecular weight is 418 g/mol. The first-order valence-electron chi connectivity index (χ1n) is 8.64. The minimum absolute atomic E-state index is 0.104. The Hall–Kier alpha value is -2.30. The fourth-order valence-corrected chi connectivity index (χ4v) is 4.13. The third-order valence-electron chi connectivity index (χ3n) is 4.64. The van der Waals surface area contributed by atoms with Crippen molar-refractivity contribution in [1.82, 2.24) is 19.7 Å². The normalized spacial score (nSPS) is 15.6. The van der Waals surface area contributed by atoms with Crippen LogP contribution < -0.4 is 0 Å². The zero-order valence-corrected chi connectivity index (χ0v) is 15.8. The van der Waals surface area contributed by atoms with Crippen molar-refractivity contribution in [3.8, 4) is 0 Å². The highest BCUT2D eigenvalue weighted by Gasteiger charge is 2.28. The van der Waals surface area contributed by atoms with E-state index in [1.807, 2.05) is 0 Å². The lowest BCUT2D eigenvalue weighted by Gasteiger charge is -2.31. The van der Waals surface area contributed by atoms with Gasteiger partial charge < -0.3 is 4.90 Å². The quantitative estimate of drug-likeness (QED) is 0.528. The molecule has 11 heteroatoms. The number of likely N-dealkylation sites (tertiary alicyclic amines) is 1. The molecule has 0 aliphatic carbocycles. The number of carbonyl (C=O) groups is 2. The molecule has 1 aliphatic heterocycles. The second-order valence-electron chi connectivity index (χ2n) is 6.54. The molecule has 0 radical (unpaired) electrons. The number of hydrogen-bond acceptors (Lipinski definition) is 5. The van der Waals surface area contributed by atoms with Crippen molar-refractivity contribution >= 4 is 23.0 Å². The van der Waals surface area contributed by atoms with Crippen LogP contribution in [0.2, 0.25) is 0 Å². The van der Waals surface area contributed by atoms with Gasteiger partial charge in [-0.25, -0.2) is 22.5 Å². The molecule has 1 saturated heterocycles. The van der Waals surface area contributed by atoms with Crippen molar-refractivity contribution in [2.45, 2.75) is 45.1 Å². The Balaban J connectivity index is 1.62. The molecule has 3 rings (SSSR count). The second-order valence-corrected chi connectivity index (χ2v) is 7.43. The number of rotatable bonds is 6. The van der Waals surface area contributed by atoms with E-state index in [1.165, 1.54) is 23.2 Å². The van der Waals surface area contributed by atoms with Crippen molar-refractivity contribution in [1.29, 1.82) is 0 Å². The molecule has 0 spiro atoms. The Morgan fingerprint density at radius 1 is 1.21 bits per heavy atom. The molecule has 3 heterocycles. The number of Topliss-reactive ketones (excluding diaryl/α,β-unsaturated/α-hetero) is 1. The monoisotopic (exact) mass is 418 g/mol. The van der Waals surface area contributed by atoms with Crippen LogP contribution in [0.3, 0.4) is 0 Å². The minimum atomic E-state index is -3.00. The first kappa shape index (κ1) is 20.4. The smallest absolute Gasteiger partial charge is 0.282 e. The van der Waals surface area contributed by atoms with E-state index < -0.39 is 36.7 Å². The summed E-state index contributed by atoms with van der Waals surface area (Å²) in [6.07, 6.45) is -4.74. The van der Waals surface area contributed by atoms with Gasteiger partial charge in [0.05, 0.1) is 5.01 Å². The molecule has 0 bridgehead atoms. The largest absolute Gasteiger partial charge is 0.341 e. The molecule has 1 aliphatic rings. The van der Waals surface area contributed by atoms with E-state index in [-0.39, 0.29) is 11.7 Å². The van der Waals surface area contributed by atoms with Crippen molar-refractivity contribution < 1.29 is 27.2 Å². The van der Waals surface area contributed by atoms with E-state index in [1.54, 1.807) is 5.38 Å². The van der Waals surface area contributed by atoms with Crippen LogP contribution in [0.25, 0.3) is 0 Å². The van der Waals surface area contributed by atoms with Crippen molar-refractivity contribution in [3.05, 3.63) is 33.5 Å². The molecule has 2 aromatic heterocycles. The zero-order valence-electron chi connectivity index (χ0n) is 14.9. The van der Waals surface area contributed by atoms with Crippen LogP contribution in [0.15, 0.2) is 11.4 Å². The molecule has 6 nitrogen and oxygen atoms in total. The summed E-state index contributed by atoms with van der Waals surface area (Å²) in [6.45, 7) is 1.72. The summed E-state index contributed by atoms with van der Waals surface area (Å²) < 4.78 is 52.2. The van der Waals surface area contributed by atoms with Gasteiger partial charge in [-0.2, -0.15) is 5.10 Å². The summed E-state index contributed by atoms with van der Waals surface area (Å²) in [5, 5.41) is 5.99. The number of amides is 1. The van der Waals surface area contributed by atoms with E-state index in [2.05, 4.69) is 10.1 Å². The maximum absolute atomic E-state index is 13.0. The van der Waals surface area contributed by atoms with E-state index in [4.69, 9.17) is 0 Å². The van der Waals surface area contributed by atoms with Gasteiger partial charge in [0.15, 0.2) is 5.78 Å². The predicted octanol–water partition coefficient (Wildman–Crippen LogP) is 3.82. The Morgan fingerprint density at radius 3 is 2.43 bits per heavy atom. The molecule has 28 heavy (non-hydrogen) atoms. The highest BCUT2D eigenvalue weighted by molar-refractivity contribution is 7.09. The molecule has 0 saturated carbocycles. The zero-order chi connectivity index (χ0) is 20.4. The van der Waals surface area contributed by atoms with Gasteiger partial charge in [0.2, 0.25) is 5.91 Å². The van der Waals surface area contributed by atoms with Gasteiger partial charge in [0, 0.05) is 31.3 Å². The number of aromatic nitrogens is 3. The van der Waals surface area contributed by atoms with Crippen molar-refractivity contribution in [2.24, 2.45) is 0 Å². The lowest BCUT2D eigenvalue weighted by Crippen LogP contribution is -2.40. The van der Waals surface area contributed by atoms with E-state index >= 15 is 0 Å². The lowest BCUT2D eigenvalue weighted by atomic mass is 9.97. The predicted molar refractivity (Wildman–Crippen MR) is 92.8 cm³/mol. The summed E-state index contributed by atoms with van der Waals surface area (Å²) in [7, 11) is 0. The lowest BCUT2D eigenvalue weighted by molar-refractivity contribution is -0.133. The van der Waals surface area contributed by atoms with Crippen LogP contribution in [0.4, 0.5) is 17.6 Å². The Morgan fingerprint density at radius 2 is 1.89 bits per heavy atom. The summed E-state index contributed by atoms with van der Waals surface area (Å²) in [5.74, 6) is -0.436. The highest BCUT2D eigenvalue weighted by Crippen LogP contribution is 2.31. The molecule has 0 unspecified atom stereocenters. The fraction of sp³-hybridized carbons (Fsp3) is 0.529. The van der Waals surface area contributed by atoms with Crippen LogP contribution in [0.1, 0.15) is 65.4 Å². The van der Waals surface area contributed by atoms with E-state index in [9.17, 15) is 27.2 Å². The van der Waals surface area contributed by atoms with Gasteiger partial charge in [-0.1, -0.05) is 0 Å². The molecular weight excluding hydrogens is 400 g/mol. The number of hydrogen-bond donors (Lipinski definition) is 0. The molecule has 1 fully saturated rings. The summed E-state index contributed by atoms with van der Waals surface area (Å²) in [4.78, 5) is 29.6. The summed E-state index contributed by atoms with van der Waals surface area (Å²) in [5.41, 5.74) is -1.04. The Bertz CT molecular complexity index is 859. The van der Waals surface area contributed by atoms with Crippen LogP contribution >= 0.6 is 11.3 Å². The molecule has 0 N–H and O–H groups in total. The minimum Gasteiger partial charge on any atom is -0.341 e. The third kappa shape index (κ3) is 4.40. The van der Waals surface area contributed by atoms with Crippen molar-refractivity contribution in [3.63, 3.8) is 0 Å². The van der Waals surface area contributed by atoms with Gasteiger partial charge in [-0.15, -0.1) is 11.3 Å². The van der Waals surface area contributed by atoms with Crippen LogP contribution in [0, 0.1) is 0 Å². The maximum Gasteiger partial charge on any atom is 0.282 e. The molecule has 1 amide bonds.